The van der Waals surface area contributed by atoms with Gasteiger partial charge in [0.1, 0.15) is 8.42 Å². The topological polar surface area (TPSA) is 187 Å². The highest BCUT2D eigenvalue weighted by atomic mass is 32.3. The lowest BCUT2D eigenvalue weighted by molar-refractivity contribution is -0.277. The first-order chi connectivity index (χ1) is 33.9. The average molecular weight is 1100 g/mol. The SMILES string of the molecule is C[C@H]1COCCN1C[C@H]1CN(S(=O)(=O)c2cccs2)CCN1c1ccc([C@@](O)(CO)C(F)(F)F)cc1.C[C@H]1COCCN1C[C@H]1CN(S(=O)(=O)c2cccs2)CCN1c1ccc([C@](O)(CO)C(F)(F)F)cc1. The first-order valence-corrected chi connectivity index (χ1v) is 27.8. The summed E-state index contributed by atoms with van der Waals surface area (Å²) >= 11 is 2.32. The van der Waals surface area contributed by atoms with Gasteiger partial charge < -0.3 is 39.7 Å². The van der Waals surface area contributed by atoms with Crippen LogP contribution in [0.1, 0.15) is 25.0 Å². The van der Waals surface area contributed by atoms with Gasteiger partial charge in [-0.3, -0.25) is 9.80 Å². The molecule has 6 atom stereocenters. The molecular weight excluding hydrogens is 1040 g/mol. The Hall–Kier alpha value is -3.48. The maximum absolute atomic E-state index is 13.4. The molecule has 6 heterocycles. The van der Waals surface area contributed by atoms with Crippen LogP contribution in [0.25, 0.3) is 0 Å². The van der Waals surface area contributed by atoms with E-state index in [9.17, 15) is 63.6 Å². The Morgan fingerprint density at radius 3 is 1.22 bits per heavy atom. The maximum atomic E-state index is 13.4. The van der Waals surface area contributed by atoms with Gasteiger partial charge in [0, 0.05) is 88.9 Å². The van der Waals surface area contributed by atoms with Crippen LogP contribution in [0.4, 0.5) is 37.7 Å². The van der Waals surface area contributed by atoms with Crippen molar-refractivity contribution >= 4 is 54.1 Å². The van der Waals surface area contributed by atoms with E-state index in [0.29, 0.717) is 77.1 Å². The largest absolute Gasteiger partial charge is 0.423 e. The van der Waals surface area contributed by atoms with Gasteiger partial charge in [-0.2, -0.15) is 35.0 Å². The van der Waals surface area contributed by atoms with Crippen molar-refractivity contribution in [3.8, 4) is 0 Å². The number of thiophene rings is 2. The summed E-state index contributed by atoms with van der Waals surface area (Å²) in [4.78, 5) is 8.45. The van der Waals surface area contributed by atoms with E-state index in [1.165, 1.54) is 32.9 Å². The smallest absolute Gasteiger partial charge is 0.393 e. The van der Waals surface area contributed by atoms with Crippen LogP contribution in [-0.2, 0) is 40.7 Å². The molecular formula is C46H60F6N6O10S4. The van der Waals surface area contributed by atoms with E-state index >= 15 is 0 Å². The van der Waals surface area contributed by atoms with Gasteiger partial charge in [-0.25, -0.2) is 16.8 Å². The number of anilines is 2. The summed E-state index contributed by atoms with van der Waals surface area (Å²) in [5, 5.41) is 42.1. The Balaban J connectivity index is 0.000000211. The Kier molecular flexibility index (Phi) is 17.8. The van der Waals surface area contributed by atoms with Crippen molar-refractivity contribution in [2.24, 2.45) is 0 Å². The molecule has 0 saturated carbocycles. The van der Waals surface area contributed by atoms with Gasteiger partial charge in [-0.05, 0) is 72.1 Å². The zero-order valence-corrected chi connectivity index (χ0v) is 42.8. The third-order valence-electron chi connectivity index (χ3n) is 13.7. The Morgan fingerprint density at radius 1 is 0.569 bits per heavy atom. The standard InChI is InChI=1S/2C23H30F3N3O5S2/c2*1-17-15-34-11-10-27(17)13-20-14-28(36(32,33)21-3-2-12-35-21)8-9-29(20)19-6-4-18(5-7-19)22(31,16-30)23(24,25)26/h2*2-7,12,17,20,30-31H,8-11,13-16H2,1H3/t17-,20-,22+;17-,20-,22-/m00/s1. The van der Waals surface area contributed by atoms with Crippen LogP contribution in [0.5, 0.6) is 0 Å². The van der Waals surface area contributed by atoms with Crippen molar-refractivity contribution in [1.82, 2.24) is 18.4 Å². The number of aliphatic hydroxyl groups is 4. The summed E-state index contributed by atoms with van der Waals surface area (Å²) in [5.74, 6) is 0. The van der Waals surface area contributed by atoms with E-state index < -0.39 is 67.9 Å². The third-order valence-corrected chi connectivity index (χ3v) is 20.2. The molecule has 0 amide bonds. The number of hydrogen-bond acceptors (Lipinski definition) is 16. The molecule has 0 bridgehead atoms. The van der Waals surface area contributed by atoms with Gasteiger partial charge in [0.25, 0.3) is 20.0 Å². The number of aliphatic hydroxyl groups excluding tert-OH is 2. The number of benzene rings is 2. The number of ether oxygens (including phenoxy) is 2. The average Bonchev–Trinajstić information content (AvgIpc) is 4.12. The summed E-state index contributed by atoms with van der Waals surface area (Å²) in [7, 11) is -7.32. The van der Waals surface area contributed by atoms with Crippen molar-refractivity contribution < 1.29 is 73.1 Å². The van der Waals surface area contributed by atoms with E-state index in [4.69, 9.17) is 9.47 Å². The van der Waals surface area contributed by atoms with Crippen LogP contribution < -0.4 is 9.80 Å². The summed E-state index contributed by atoms with van der Waals surface area (Å²) in [6.07, 6.45) is -10.1. The molecule has 0 unspecified atom stereocenters. The van der Waals surface area contributed by atoms with Gasteiger partial charge in [0.15, 0.2) is 0 Å². The molecule has 0 aliphatic carbocycles. The van der Waals surface area contributed by atoms with E-state index in [0.717, 1.165) is 46.9 Å². The van der Waals surface area contributed by atoms with Crippen LogP contribution >= 0.6 is 22.7 Å². The Labute approximate surface area is 423 Å². The molecule has 8 rings (SSSR count). The van der Waals surface area contributed by atoms with Crippen LogP contribution in [0, 0.1) is 0 Å². The summed E-state index contributed by atoms with van der Waals surface area (Å²) in [5.41, 5.74) is -6.42. The monoisotopic (exact) mass is 1100 g/mol. The minimum atomic E-state index is -5.04. The number of sulfonamides is 2. The second kappa shape index (κ2) is 22.8. The number of rotatable bonds is 14. The molecule has 400 valence electrons. The molecule has 4 saturated heterocycles. The first kappa shape index (κ1) is 56.3. The lowest BCUT2D eigenvalue weighted by Crippen LogP contribution is -2.60. The highest BCUT2D eigenvalue weighted by molar-refractivity contribution is 7.91. The number of halogens is 6. The number of piperazine rings is 2. The van der Waals surface area contributed by atoms with Crippen LogP contribution in [-0.4, -0.2) is 197 Å². The Bertz CT molecular complexity index is 2410. The fourth-order valence-electron chi connectivity index (χ4n) is 9.31. The Morgan fingerprint density at radius 2 is 0.931 bits per heavy atom. The second-order valence-electron chi connectivity index (χ2n) is 18.2. The molecule has 0 spiro atoms. The molecule has 0 radical (unpaired) electrons. The molecule has 4 aliphatic heterocycles. The van der Waals surface area contributed by atoms with Gasteiger partial charge in [-0.15, -0.1) is 22.7 Å². The van der Waals surface area contributed by atoms with Crippen molar-refractivity contribution in [1.29, 1.82) is 0 Å². The molecule has 26 heteroatoms. The van der Waals surface area contributed by atoms with E-state index in [1.54, 1.807) is 35.0 Å². The number of morpholine rings is 2. The molecule has 4 N–H and O–H groups in total. The van der Waals surface area contributed by atoms with Gasteiger partial charge in [-0.1, -0.05) is 36.4 Å². The zero-order chi connectivity index (χ0) is 52.3. The van der Waals surface area contributed by atoms with Crippen molar-refractivity contribution in [2.75, 3.05) is 115 Å². The lowest BCUT2D eigenvalue weighted by Gasteiger charge is -2.45. The van der Waals surface area contributed by atoms with Gasteiger partial charge >= 0.3 is 12.4 Å². The van der Waals surface area contributed by atoms with E-state index in [1.807, 2.05) is 23.6 Å². The molecule has 2 aromatic heterocycles. The summed E-state index contributed by atoms with van der Waals surface area (Å²) < 4.78 is 148. The van der Waals surface area contributed by atoms with E-state index in [2.05, 4.69) is 9.80 Å². The number of alkyl halides is 6. The van der Waals surface area contributed by atoms with Crippen LogP contribution in [0.2, 0.25) is 0 Å². The molecule has 4 aromatic rings. The fraction of sp³-hybridized carbons (Fsp3) is 0.565. The normalized spacial score (nSPS) is 24.6. The molecule has 16 nitrogen and oxygen atoms in total. The van der Waals surface area contributed by atoms with Gasteiger partial charge in [0.2, 0.25) is 11.2 Å². The minimum Gasteiger partial charge on any atom is -0.393 e. The third kappa shape index (κ3) is 12.0. The first-order valence-electron chi connectivity index (χ1n) is 23.2. The van der Waals surface area contributed by atoms with Crippen LogP contribution in [0.3, 0.4) is 0 Å². The second-order valence-corrected chi connectivity index (χ2v) is 24.5. The van der Waals surface area contributed by atoms with Crippen LogP contribution in [0.15, 0.2) is 92.0 Å². The number of hydrogen-bond donors (Lipinski definition) is 4. The van der Waals surface area contributed by atoms with E-state index in [-0.39, 0.29) is 58.8 Å². The molecule has 4 fully saturated rings. The van der Waals surface area contributed by atoms with Crippen molar-refractivity contribution in [3.05, 3.63) is 94.7 Å². The number of nitrogens with zero attached hydrogens (tertiary/aromatic N) is 6. The predicted molar refractivity (Wildman–Crippen MR) is 259 cm³/mol. The highest BCUT2D eigenvalue weighted by Crippen LogP contribution is 2.41. The zero-order valence-electron chi connectivity index (χ0n) is 39.5. The quantitative estimate of drug-likeness (QED) is 0.132. The molecule has 4 aliphatic rings. The maximum Gasteiger partial charge on any atom is 0.423 e. The highest BCUT2D eigenvalue weighted by Gasteiger charge is 2.56. The fourth-order valence-corrected chi connectivity index (χ4v) is 14.5. The summed E-state index contributed by atoms with van der Waals surface area (Å²) in [6, 6.07) is 16.8. The lowest BCUT2D eigenvalue weighted by atomic mass is 9.93. The van der Waals surface area contributed by atoms with Gasteiger partial charge in [0.05, 0.1) is 51.7 Å². The van der Waals surface area contributed by atoms with Crippen molar-refractivity contribution in [2.45, 2.75) is 70.0 Å². The van der Waals surface area contributed by atoms with Crippen molar-refractivity contribution in [3.63, 3.8) is 0 Å². The predicted octanol–water partition coefficient (Wildman–Crippen LogP) is 4.18. The molecule has 2 aromatic carbocycles. The minimum absolute atomic E-state index is 0.138. The molecule has 72 heavy (non-hydrogen) atoms. The summed E-state index contributed by atoms with van der Waals surface area (Å²) in [6.45, 7) is 7.40.